The van der Waals surface area contributed by atoms with E-state index < -0.39 is 0 Å². The first-order chi connectivity index (χ1) is 5.72. The van der Waals surface area contributed by atoms with E-state index in [1.807, 2.05) is 0 Å². The van der Waals surface area contributed by atoms with Crippen LogP contribution in [0.4, 0.5) is 0 Å². The van der Waals surface area contributed by atoms with Crippen molar-refractivity contribution >= 4 is 5.97 Å². The maximum atomic E-state index is 11.0. The van der Waals surface area contributed by atoms with Crippen molar-refractivity contribution in [3.05, 3.63) is 11.8 Å². The first kappa shape index (κ1) is 9.10. The van der Waals surface area contributed by atoms with Crippen LogP contribution in [0.25, 0.3) is 0 Å². The van der Waals surface area contributed by atoms with Crippen LogP contribution < -0.4 is 5.32 Å². The lowest BCUT2D eigenvalue weighted by molar-refractivity contribution is -0.137. The van der Waals surface area contributed by atoms with E-state index in [9.17, 15) is 4.79 Å². The van der Waals surface area contributed by atoms with Crippen molar-refractivity contribution in [2.75, 3.05) is 6.61 Å². The average Bonchev–Trinajstić information content (AvgIpc) is 2.36. The molecule has 1 saturated heterocycles. The molecule has 3 nitrogen and oxygen atoms in total. The van der Waals surface area contributed by atoms with Crippen molar-refractivity contribution in [1.29, 1.82) is 0 Å². The van der Waals surface area contributed by atoms with Crippen LogP contribution in [0.3, 0.4) is 0 Å². The van der Waals surface area contributed by atoms with Gasteiger partial charge in [-0.1, -0.05) is 0 Å². The fourth-order valence-electron chi connectivity index (χ4n) is 1.27. The van der Waals surface area contributed by atoms with Crippen LogP contribution in [-0.4, -0.2) is 18.6 Å². The molecule has 0 radical (unpaired) electrons. The van der Waals surface area contributed by atoms with E-state index >= 15 is 0 Å². The lowest BCUT2D eigenvalue weighted by Crippen LogP contribution is -2.16. The number of carbonyl (C=O) groups excluding carboxylic acids is 1. The van der Waals surface area contributed by atoms with Gasteiger partial charge in [-0.25, -0.2) is 4.79 Å². The summed E-state index contributed by atoms with van der Waals surface area (Å²) in [5, 5.41) is 3.20. The molecule has 12 heavy (non-hydrogen) atoms. The van der Waals surface area contributed by atoms with E-state index in [0.29, 0.717) is 12.6 Å². The quantitative estimate of drug-likeness (QED) is 0.498. The summed E-state index contributed by atoms with van der Waals surface area (Å²) in [7, 11) is 0. The maximum absolute atomic E-state index is 11.0. The van der Waals surface area contributed by atoms with Gasteiger partial charge >= 0.3 is 5.97 Å². The van der Waals surface area contributed by atoms with Gasteiger partial charge in [-0.05, 0) is 26.7 Å². The number of ether oxygens (including phenoxy) is 1. The van der Waals surface area contributed by atoms with Gasteiger partial charge in [0.05, 0.1) is 6.61 Å². The van der Waals surface area contributed by atoms with Crippen LogP contribution in [0, 0.1) is 0 Å². The minimum atomic E-state index is -0.242. The third-order valence-electron chi connectivity index (χ3n) is 1.86. The van der Waals surface area contributed by atoms with Crippen molar-refractivity contribution in [3.8, 4) is 0 Å². The molecule has 1 rings (SSSR count). The van der Waals surface area contributed by atoms with E-state index in [0.717, 1.165) is 18.5 Å². The number of hydrogen-bond donors (Lipinski definition) is 1. The summed E-state index contributed by atoms with van der Waals surface area (Å²) in [6.45, 7) is 4.35. The predicted octanol–water partition coefficient (Wildman–Crippen LogP) is 1.21. The molecular formula is C9H15NO2. The zero-order valence-corrected chi connectivity index (χ0v) is 7.59. The highest BCUT2D eigenvalue weighted by Crippen LogP contribution is 2.14. The van der Waals surface area contributed by atoms with Crippen LogP contribution in [-0.2, 0) is 9.53 Å². The summed E-state index contributed by atoms with van der Waals surface area (Å²) in [5.41, 5.74) is 1.00. The van der Waals surface area contributed by atoms with Gasteiger partial charge in [-0.2, -0.15) is 0 Å². The largest absolute Gasteiger partial charge is 0.463 e. The van der Waals surface area contributed by atoms with Gasteiger partial charge in [0, 0.05) is 17.8 Å². The number of esters is 1. The summed E-state index contributed by atoms with van der Waals surface area (Å²) in [4.78, 5) is 11.0. The highest BCUT2D eigenvalue weighted by atomic mass is 16.5. The molecule has 0 amide bonds. The molecule has 0 aliphatic carbocycles. The fourth-order valence-corrected chi connectivity index (χ4v) is 1.27. The van der Waals surface area contributed by atoms with E-state index in [1.165, 1.54) is 0 Å². The average molecular weight is 169 g/mol. The predicted molar refractivity (Wildman–Crippen MR) is 46.5 cm³/mol. The van der Waals surface area contributed by atoms with Gasteiger partial charge < -0.3 is 10.1 Å². The van der Waals surface area contributed by atoms with Crippen molar-refractivity contribution < 1.29 is 9.53 Å². The molecule has 0 aromatic carbocycles. The van der Waals surface area contributed by atoms with Gasteiger partial charge in [-0.3, -0.25) is 0 Å². The molecule has 3 heteroatoms. The van der Waals surface area contributed by atoms with Crippen LogP contribution in [0.1, 0.15) is 26.7 Å². The van der Waals surface area contributed by atoms with Gasteiger partial charge in [0.2, 0.25) is 0 Å². The van der Waals surface area contributed by atoms with E-state index in [4.69, 9.17) is 4.74 Å². The van der Waals surface area contributed by atoms with Crippen molar-refractivity contribution in [2.24, 2.45) is 0 Å². The lowest BCUT2D eigenvalue weighted by atomic mass is 10.2. The molecule has 0 saturated carbocycles. The van der Waals surface area contributed by atoms with E-state index in [-0.39, 0.29) is 5.97 Å². The Balaban J connectivity index is 2.41. The number of hydrogen-bond acceptors (Lipinski definition) is 3. The Bertz CT molecular complexity index is 199. The second-order valence-corrected chi connectivity index (χ2v) is 3.01. The molecule has 0 aromatic rings. The Morgan fingerprint density at radius 2 is 2.58 bits per heavy atom. The van der Waals surface area contributed by atoms with Crippen molar-refractivity contribution in [1.82, 2.24) is 5.32 Å². The van der Waals surface area contributed by atoms with Gasteiger partial charge in [0.15, 0.2) is 0 Å². The molecule has 68 valence electrons. The Morgan fingerprint density at radius 3 is 3.08 bits per heavy atom. The molecule has 1 N–H and O–H groups in total. The van der Waals surface area contributed by atoms with Crippen molar-refractivity contribution in [3.63, 3.8) is 0 Å². The lowest BCUT2D eigenvalue weighted by Gasteiger charge is -2.02. The van der Waals surface area contributed by atoms with Crippen LogP contribution in [0.15, 0.2) is 11.8 Å². The first-order valence-corrected chi connectivity index (χ1v) is 4.36. The molecule has 1 atom stereocenters. The van der Waals surface area contributed by atoms with Crippen LogP contribution >= 0.6 is 0 Å². The molecule has 0 aromatic heterocycles. The summed E-state index contributed by atoms with van der Waals surface area (Å²) in [6, 6.07) is 0.491. The summed E-state index contributed by atoms with van der Waals surface area (Å²) in [5.74, 6) is -0.242. The zero-order valence-electron chi connectivity index (χ0n) is 7.59. The highest BCUT2D eigenvalue weighted by molar-refractivity contribution is 5.82. The number of nitrogens with one attached hydrogen (secondary N) is 1. The number of allylic oxidation sites excluding steroid dienone is 1. The summed E-state index contributed by atoms with van der Waals surface area (Å²) in [6.07, 6.45) is 3.61. The minimum absolute atomic E-state index is 0.242. The minimum Gasteiger partial charge on any atom is -0.463 e. The monoisotopic (exact) mass is 169 g/mol. The summed E-state index contributed by atoms with van der Waals surface area (Å²) >= 11 is 0. The number of carbonyl (C=O) groups is 1. The summed E-state index contributed by atoms with van der Waals surface area (Å²) < 4.78 is 4.78. The Labute approximate surface area is 72.8 Å². The Hall–Kier alpha value is -0.990. The van der Waals surface area contributed by atoms with E-state index in [1.54, 1.807) is 13.0 Å². The fraction of sp³-hybridized carbons (Fsp3) is 0.667. The smallest absolute Gasteiger partial charge is 0.332 e. The molecule has 1 fully saturated rings. The third-order valence-corrected chi connectivity index (χ3v) is 1.86. The Kier molecular flexibility index (Phi) is 3.14. The van der Waals surface area contributed by atoms with Crippen molar-refractivity contribution in [2.45, 2.75) is 32.7 Å². The molecule has 1 heterocycles. The topological polar surface area (TPSA) is 38.3 Å². The first-order valence-electron chi connectivity index (χ1n) is 4.36. The molecular weight excluding hydrogens is 154 g/mol. The SMILES string of the molecule is CCOC(=O)/C=C1/CCC(C)N1. The molecule has 0 spiro atoms. The highest BCUT2D eigenvalue weighted by Gasteiger charge is 2.14. The standard InChI is InChI=1S/C9H15NO2/c1-3-12-9(11)6-8-5-4-7(2)10-8/h6-7,10H,3-5H2,1-2H3/b8-6-. The van der Waals surface area contributed by atoms with Gasteiger partial charge in [0.25, 0.3) is 0 Å². The zero-order chi connectivity index (χ0) is 8.97. The maximum Gasteiger partial charge on any atom is 0.332 e. The normalized spacial score (nSPS) is 25.5. The van der Waals surface area contributed by atoms with Crippen LogP contribution in [0.5, 0.6) is 0 Å². The molecule has 1 aliphatic heterocycles. The second kappa shape index (κ2) is 4.14. The Morgan fingerprint density at radius 1 is 1.83 bits per heavy atom. The van der Waals surface area contributed by atoms with Gasteiger partial charge in [-0.15, -0.1) is 0 Å². The third kappa shape index (κ3) is 2.57. The molecule has 1 aliphatic rings. The van der Waals surface area contributed by atoms with Gasteiger partial charge in [0.1, 0.15) is 0 Å². The van der Waals surface area contributed by atoms with Crippen LogP contribution in [0.2, 0.25) is 0 Å². The number of rotatable bonds is 2. The molecule has 0 bridgehead atoms. The second-order valence-electron chi connectivity index (χ2n) is 3.01. The van der Waals surface area contributed by atoms with E-state index in [2.05, 4.69) is 12.2 Å². The molecule has 1 unspecified atom stereocenters.